The molecule has 1 saturated heterocycles. The number of aryl methyl sites for hydroxylation is 1. The summed E-state index contributed by atoms with van der Waals surface area (Å²) in [6.07, 6.45) is 6.01. The van der Waals surface area contributed by atoms with E-state index in [2.05, 4.69) is 16.1 Å². The lowest BCUT2D eigenvalue weighted by Gasteiger charge is -2.32. The van der Waals surface area contributed by atoms with Crippen LogP contribution in [-0.2, 0) is 11.8 Å². The summed E-state index contributed by atoms with van der Waals surface area (Å²) < 4.78 is 1.79. The maximum atomic E-state index is 12.4. The quantitative estimate of drug-likeness (QED) is 0.838. The van der Waals surface area contributed by atoms with Crippen molar-refractivity contribution in [3.8, 4) is 6.07 Å². The zero-order valence-electron chi connectivity index (χ0n) is 13.2. The van der Waals surface area contributed by atoms with E-state index in [9.17, 15) is 4.79 Å². The molecule has 6 heteroatoms. The Labute approximate surface area is 125 Å². The lowest BCUT2D eigenvalue weighted by atomic mass is 10.1. The van der Waals surface area contributed by atoms with Crippen molar-refractivity contribution in [1.29, 1.82) is 5.26 Å². The van der Waals surface area contributed by atoms with Gasteiger partial charge in [-0.1, -0.05) is 0 Å². The third kappa shape index (κ3) is 3.24. The van der Waals surface area contributed by atoms with Crippen molar-refractivity contribution in [3.05, 3.63) is 18.0 Å². The number of nitrogens with zero attached hydrogens (tertiary/aromatic N) is 5. The second kappa shape index (κ2) is 5.86. The molecular formula is C15H23N5O. The first-order valence-corrected chi connectivity index (χ1v) is 7.25. The molecule has 1 aromatic rings. The number of hydrogen-bond acceptors (Lipinski definition) is 4. The second-order valence-corrected chi connectivity index (χ2v) is 6.20. The van der Waals surface area contributed by atoms with Crippen molar-refractivity contribution in [2.45, 2.75) is 38.3 Å². The van der Waals surface area contributed by atoms with E-state index >= 15 is 0 Å². The highest BCUT2D eigenvalue weighted by molar-refractivity contribution is 5.79. The molecule has 6 nitrogen and oxygen atoms in total. The van der Waals surface area contributed by atoms with Gasteiger partial charge in [0.2, 0.25) is 5.91 Å². The molecule has 114 valence electrons. The SMILES string of the molecule is CN(C(=O)CN1CCC[C@@H]1c1cnn(C)c1)C(C)(C)C#N. The minimum atomic E-state index is -0.777. The predicted octanol–water partition coefficient (Wildman–Crippen LogP) is 1.32. The van der Waals surface area contributed by atoms with E-state index in [4.69, 9.17) is 5.26 Å². The van der Waals surface area contributed by atoms with E-state index in [1.54, 1.807) is 25.6 Å². The average molecular weight is 289 g/mol. The van der Waals surface area contributed by atoms with Gasteiger partial charge >= 0.3 is 0 Å². The van der Waals surface area contributed by atoms with Gasteiger partial charge in [-0.05, 0) is 33.2 Å². The van der Waals surface area contributed by atoms with Gasteiger partial charge in [-0.25, -0.2) is 0 Å². The Bertz CT molecular complexity index is 557. The summed E-state index contributed by atoms with van der Waals surface area (Å²) in [4.78, 5) is 16.1. The molecule has 1 amide bonds. The molecule has 21 heavy (non-hydrogen) atoms. The number of nitriles is 1. The second-order valence-electron chi connectivity index (χ2n) is 6.20. The smallest absolute Gasteiger partial charge is 0.237 e. The van der Waals surface area contributed by atoms with Gasteiger partial charge in [0, 0.05) is 31.9 Å². The molecule has 0 saturated carbocycles. The molecule has 2 rings (SSSR count). The fourth-order valence-electron chi connectivity index (χ4n) is 2.67. The molecule has 1 aliphatic heterocycles. The summed E-state index contributed by atoms with van der Waals surface area (Å²) in [5.41, 5.74) is 0.380. The highest BCUT2D eigenvalue weighted by Crippen LogP contribution is 2.31. The topological polar surface area (TPSA) is 65.2 Å². The Morgan fingerprint density at radius 2 is 2.33 bits per heavy atom. The summed E-state index contributed by atoms with van der Waals surface area (Å²) in [5, 5.41) is 13.4. The van der Waals surface area contributed by atoms with Crippen molar-refractivity contribution < 1.29 is 4.79 Å². The first-order chi connectivity index (χ1) is 9.85. The van der Waals surface area contributed by atoms with Crippen molar-refractivity contribution in [3.63, 3.8) is 0 Å². The molecule has 0 spiro atoms. The maximum absolute atomic E-state index is 12.4. The molecule has 1 aromatic heterocycles. The number of likely N-dealkylation sites (N-methyl/N-ethyl adjacent to an activating group) is 1. The van der Waals surface area contributed by atoms with E-state index in [0.717, 1.165) is 24.9 Å². The van der Waals surface area contributed by atoms with Crippen LogP contribution in [0, 0.1) is 11.3 Å². The van der Waals surface area contributed by atoms with Crippen LogP contribution in [0.15, 0.2) is 12.4 Å². The van der Waals surface area contributed by atoms with E-state index in [1.807, 2.05) is 19.4 Å². The Balaban J connectivity index is 2.05. The molecule has 0 bridgehead atoms. The Kier molecular flexibility index (Phi) is 4.33. The van der Waals surface area contributed by atoms with Crippen molar-refractivity contribution in [1.82, 2.24) is 19.6 Å². The van der Waals surface area contributed by atoms with Crippen LogP contribution in [0.4, 0.5) is 0 Å². The van der Waals surface area contributed by atoms with E-state index < -0.39 is 5.54 Å². The molecule has 0 aromatic carbocycles. The molecular weight excluding hydrogens is 266 g/mol. The van der Waals surface area contributed by atoms with Crippen LogP contribution in [0.1, 0.15) is 38.3 Å². The fourth-order valence-corrected chi connectivity index (χ4v) is 2.67. The number of carbonyl (C=O) groups is 1. The fraction of sp³-hybridized carbons (Fsp3) is 0.667. The lowest BCUT2D eigenvalue weighted by Crippen LogP contribution is -2.48. The van der Waals surface area contributed by atoms with Crippen LogP contribution < -0.4 is 0 Å². The van der Waals surface area contributed by atoms with Gasteiger partial charge in [0.1, 0.15) is 5.54 Å². The van der Waals surface area contributed by atoms with E-state index in [0.29, 0.717) is 6.54 Å². The highest BCUT2D eigenvalue weighted by Gasteiger charge is 2.32. The predicted molar refractivity (Wildman–Crippen MR) is 79.2 cm³/mol. The van der Waals surface area contributed by atoms with Crippen LogP contribution in [0.2, 0.25) is 0 Å². The zero-order chi connectivity index (χ0) is 15.6. The zero-order valence-corrected chi connectivity index (χ0v) is 13.2. The first kappa shape index (κ1) is 15.5. The summed E-state index contributed by atoms with van der Waals surface area (Å²) >= 11 is 0. The van der Waals surface area contributed by atoms with Crippen LogP contribution in [-0.4, -0.2) is 51.2 Å². The monoisotopic (exact) mass is 289 g/mol. The number of amides is 1. The Hall–Kier alpha value is -1.87. The number of likely N-dealkylation sites (tertiary alicyclic amines) is 1. The van der Waals surface area contributed by atoms with Gasteiger partial charge in [-0.2, -0.15) is 10.4 Å². The minimum absolute atomic E-state index is 0.0164. The largest absolute Gasteiger partial charge is 0.326 e. The van der Waals surface area contributed by atoms with Gasteiger partial charge < -0.3 is 4.90 Å². The maximum Gasteiger partial charge on any atom is 0.237 e. The Morgan fingerprint density at radius 3 is 2.90 bits per heavy atom. The van der Waals surface area contributed by atoms with Gasteiger partial charge in [0.15, 0.2) is 0 Å². The normalized spacial score (nSPS) is 19.5. The Morgan fingerprint density at radius 1 is 1.62 bits per heavy atom. The van der Waals surface area contributed by atoms with Gasteiger partial charge in [-0.3, -0.25) is 14.4 Å². The van der Waals surface area contributed by atoms with Crippen molar-refractivity contribution in [2.75, 3.05) is 20.1 Å². The number of rotatable bonds is 4. The summed E-state index contributed by atoms with van der Waals surface area (Å²) in [7, 11) is 3.60. The first-order valence-electron chi connectivity index (χ1n) is 7.25. The minimum Gasteiger partial charge on any atom is -0.326 e. The number of hydrogen-bond donors (Lipinski definition) is 0. The number of aromatic nitrogens is 2. The van der Waals surface area contributed by atoms with Crippen LogP contribution in [0.25, 0.3) is 0 Å². The molecule has 1 aliphatic rings. The van der Waals surface area contributed by atoms with Crippen LogP contribution in [0.3, 0.4) is 0 Å². The van der Waals surface area contributed by atoms with E-state index in [1.165, 1.54) is 4.90 Å². The number of carbonyl (C=O) groups excluding carboxylic acids is 1. The lowest BCUT2D eigenvalue weighted by molar-refractivity contribution is -0.134. The van der Waals surface area contributed by atoms with Crippen LogP contribution >= 0.6 is 0 Å². The standard InChI is InChI=1S/C15H23N5O/c1-15(2,11-16)19(4)14(21)10-20-7-5-6-13(20)12-8-17-18(3)9-12/h8-9,13H,5-7,10H2,1-4H3/t13-/m1/s1. The molecule has 0 aliphatic carbocycles. The van der Waals surface area contributed by atoms with Crippen molar-refractivity contribution in [2.24, 2.45) is 7.05 Å². The van der Waals surface area contributed by atoms with Gasteiger partial charge in [0.25, 0.3) is 0 Å². The molecule has 1 atom stereocenters. The molecule has 2 heterocycles. The molecule has 0 N–H and O–H groups in total. The van der Waals surface area contributed by atoms with E-state index in [-0.39, 0.29) is 11.9 Å². The highest BCUT2D eigenvalue weighted by atomic mass is 16.2. The van der Waals surface area contributed by atoms with Crippen molar-refractivity contribution >= 4 is 5.91 Å². The molecule has 0 radical (unpaired) electrons. The van der Waals surface area contributed by atoms with Crippen LogP contribution in [0.5, 0.6) is 0 Å². The molecule has 0 unspecified atom stereocenters. The van der Waals surface area contributed by atoms with Gasteiger partial charge in [-0.15, -0.1) is 0 Å². The summed E-state index contributed by atoms with van der Waals surface area (Å²) in [6, 6.07) is 2.42. The summed E-state index contributed by atoms with van der Waals surface area (Å²) in [6.45, 7) is 4.77. The average Bonchev–Trinajstić information content (AvgIpc) is 3.06. The van der Waals surface area contributed by atoms with Gasteiger partial charge in [0.05, 0.1) is 18.8 Å². The molecule has 1 fully saturated rings. The summed E-state index contributed by atoms with van der Waals surface area (Å²) in [5.74, 6) is -0.0164. The third-order valence-electron chi connectivity index (χ3n) is 4.30. The third-order valence-corrected chi connectivity index (χ3v) is 4.30.